The van der Waals surface area contributed by atoms with Crippen LogP contribution in [0.25, 0.3) is 11.1 Å². The number of hydrogen-bond donors (Lipinski definition) is 1. The Balaban J connectivity index is 0.00000176. The molecule has 1 saturated heterocycles. The molecule has 1 N–H and O–H groups in total. The summed E-state index contributed by atoms with van der Waals surface area (Å²) in [4.78, 5) is 16.7. The van der Waals surface area contributed by atoms with Crippen LogP contribution >= 0.6 is 12.4 Å². The molecule has 1 aromatic heterocycles. The van der Waals surface area contributed by atoms with Gasteiger partial charge >= 0.3 is 0 Å². The van der Waals surface area contributed by atoms with Crippen LogP contribution < -0.4 is 10.2 Å². The third-order valence-corrected chi connectivity index (χ3v) is 3.83. The fourth-order valence-electron chi connectivity index (χ4n) is 2.73. The number of benzene rings is 1. The van der Waals surface area contributed by atoms with Crippen molar-refractivity contribution < 1.29 is 9.34 Å². The number of piperidine rings is 1. The molecule has 1 unspecified atom stereocenters. The van der Waals surface area contributed by atoms with Crippen LogP contribution in [0.3, 0.4) is 0 Å². The maximum absolute atomic E-state index is 10.8. The van der Waals surface area contributed by atoms with E-state index in [1.165, 1.54) is 25.0 Å². The van der Waals surface area contributed by atoms with Gasteiger partial charge in [0.05, 0.1) is 4.92 Å². The minimum absolute atomic E-state index is 0. The van der Waals surface area contributed by atoms with Crippen molar-refractivity contribution in [1.82, 2.24) is 10.3 Å². The molecule has 120 valence electrons. The van der Waals surface area contributed by atoms with E-state index in [1.54, 1.807) is 6.07 Å². The largest absolute Gasteiger partial charge is 0.423 e. The molecule has 0 aliphatic carbocycles. The third kappa shape index (κ3) is 3.48. The minimum atomic E-state index is -0.425. The van der Waals surface area contributed by atoms with Gasteiger partial charge in [0.2, 0.25) is 0 Å². The highest BCUT2D eigenvalue weighted by Gasteiger charge is 2.19. The normalized spacial score (nSPS) is 18.0. The molecule has 2 heterocycles. The Morgan fingerprint density at radius 1 is 1.55 bits per heavy atom. The molecule has 3 rings (SSSR count). The molecule has 1 aliphatic heterocycles. The summed E-state index contributed by atoms with van der Waals surface area (Å²) in [7, 11) is 1.94. The highest BCUT2D eigenvalue weighted by molar-refractivity contribution is 5.85. The number of halogens is 1. The first-order valence-electron chi connectivity index (χ1n) is 7.10. The second-order valence-electron chi connectivity index (χ2n) is 5.50. The predicted molar refractivity (Wildman–Crippen MR) is 86.8 cm³/mol. The Kier molecular flexibility index (Phi) is 5.20. The number of non-ortho nitro benzene ring substituents is 1. The molecule has 1 aliphatic rings. The summed E-state index contributed by atoms with van der Waals surface area (Å²) in [6.45, 7) is 2.96. The Bertz CT molecular complexity index is 655. The Hall–Kier alpha value is -1.86. The van der Waals surface area contributed by atoms with Crippen LogP contribution in [0, 0.1) is 16.0 Å². The molecular weight excluding hydrogens is 308 g/mol. The number of anilines is 1. The van der Waals surface area contributed by atoms with Crippen LogP contribution in [-0.2, 0) is 0 Å². The predicted octanol–water partition coefficient (Wildman–Crippen LogP) is 2.59. The molecule has 22 heavy (non-hydrogen) atoms. The highest BCUT2D eigenvalue weighted by atomic mass is 35.5. The monoisotopic (exact) mass is 326 g/mol. The van der Waals surface area contributed by atoms with E-state index in [0.717, 1.165) is 19.6 Å². The molecular formula is C14H19ClN4O3. The smallest absolute Gasteiger partial charge is 0.298 e. The third-order valence-electron chi connectivity index (χ3n) is 3.83. The van der Waals surface area contributed by atoms with Gasteiger partial charge in [0.15, 0.2) is 5.58 Å². The Morgan fingerprint density at radius 3 is 3.05 bits per heavy atom. The summed E-state index contributed by atoms with van der Waals surface area (Å²) in [5, 5.41) is 14.2. The standard InChI is InChI=1S/C14H18N4O3.ClH/c1-17(9-10-3-2-6-15-8-10)14-16-12-7-11(18(19)20)4-5-13(12)21-14;/h4-5,7,10,15H,2-3,6,8-9H2,1H3;1H. The number of nitrogens with zero attached hydrogens (tertiary/aromatic N) is 3. The first kappa shape index (κ1) is 16.5. The molecule has 1 aromatic carbocycles. The van der Waals surface area contributed by atoms with E-state index < -0.39 is 4.92 Å². The van der Waals surface area contributed by atoms with Gasteiger partial charge in [0.25, 0.3) is 11.7 Å². The average Bonchev–Trinajstić information content (AvgIpc) is 2.91. The lowest BCUT2D eigenvalue weighted by molar-refractivity contribution is -0.384. The van der Waals surface area contributed by atoms with Gasteiger partial charge in [-0.1, -0.05) is 0 Å². The summed E-state index contributed by atoms with van der Waals surface area (Å²) in [5.74, 6) is 0.577. The summed E-state index contributed by atoms with van der Waals surface area (Å²) in [6.07, 6.45) is 2.39. The van der Waals surface area contributed by atoms with E-state index >= 15 is 0 Å². The number of aromatic nitrogens is 1. The summed E-state index contributed by atoms with van der Waals surface area (Å²) in [5.41, 5.74) is 1.12. The van der Waals surface area contributed by atoms with Gasteiger partial charge in [-0.15, -0.1) is 12.4 Å². The Labute approximate surface area is 134 Å². The van der Waals surface area contributed by atoms with Crippen molar-refractivity contribution in [3.8, 4) is 0 Å². The lowest BCUT2D eigenvalue weighted by atomic mass is 9.99. The van der Waals surface area contributed by atoms with Gasteiger partial charge in [0.1, 0.15) is 5.52 Å². The van der Waals surface area contributed by atoms with E-state index in [2.05, 4.69) is 10.3 Å². The van der Waals surface area contributed by atoms with Crippen molar-refractivity contribution in [2.45, 2.75) is 12.8 Å². The molecule has 0 amide bonds. The number of rotatable bonds is 4. The number of hydrogen-bond acceptors (Lipinski definition) is 6. The van der Waals surface area contributed by atoms with Crippen LogP contribution in [0.15, 0.2) is 22.6 Å². The molecule has 1 atom stereocenters. The second-order valence-corrected chi connectivity index (χ2v) is 5.50. The van der Waals surface area contributed by atoms with Gasteiger partial charge in [-0.2, -0.15) is 4.98 Å². The topological polar surface area (TPSA) is 84.4 Å². The number of nitro groups is 1. The summed E-state index contributed by atoms with van der Waals surface area (Å²) >= 11 is 0. The van der Waals surface area contributed by atoms with Crippen molar-refractivity contribution in [1.29, 1.82) is 0 Å². The van der Waals surface area contributed by atoms with E-state index in [9.17, 15) is 10.1 Å². The molecule has 1 fully saturated rings. The zero-order valence-corrected chi connectivity index (χ0v) is 13.1. The maximum Gasteiger partial charge on any atom is 0.298 e. The van der Waals surface area contributed by atoms with Crippen LogP contribution in [0.1, 0.15) is 12.8 Å². The lowest BCUT2D eigenvalue weighted by Crippen LogP contribution is -2.36. The van der Waals surface area contributed by atoms with Gasteiger partial charge in [-0.25, -0.2) is 0 Å². The van der Waals surface area contributed by atoms with Crippen LogP contribution in [0.2, 0.25) is 0 Å². The molecule has 0 spiro atoms. The van der Waals surface area contributed by atoms with Crippen molar-refractivity contribution >= 4 is 35.2 Å². The quantitative estimate of drug-likeness (QED) is 0.686. The van der Waals surface area contributed by atoms with Crippen LogP contribution in [0.5, 0.6) is 0 Å². The van der Waals surface area contributed by atoms with E-state index in [4.69, 9.17) is 4.42 Å². The second kappa shape index (κ2) is 6.93. The Morgan fingerprint density at radius 2 is 2.36 bits per heavy atom. The van der Waals surface area contributed by atoms with Crippen molar-refractivity contribution in [2.75, 3.05) is 31.6 Å². The lowest BCUT2D eigenvalue weighted by Gasteiger charge is -2.26. The highest BCUT2D eigenvalue weighted by Crippen LogP contribution is 2.25. The number of nitrogens with one attached hydrogen (secondary N) is 1. The number of fused-ring (bicyclic) bond motifs is 1. The fourth-order valence-corrected chi connectivity index (χ4v) is 2.73. The van der Waals surface area contributed by atoms with Crippen LogP contribution in [0.4, 0.5) is 11.7 Å². The van der Waals surface area contributed by atoms with E-state index in [0.29, 0.717) is 23.0 Å². The maximum atomic E-state index is 10.8. The zero-order valence-electron chi connectivity index (χ0n) is 12.3. The van der Waals surface area contributed by atoms with Crippen molar-refractivity contribution in [2.24, 2.45) is 5.92 Å². The van der Waals surface area contributed by atoms with Crippen LogP contribution in [-0.4, -0.2) is 36.6 Å². The fraction of sp³-hybridized carbons (Fsp3) is 0.500. The van der Waals surface area contributed by atoms with E-state index in [1.807, 2.05) is 11.9 Å². The van der Waals surface area contributed by atoms with Crippen molar-refractivity contribution in [3.05, 3.63) is 28.3 Å². The first-order chi connectivity index (χ1) is 10.1. The zero-order chi connectivity index (χ0) is 14.8. The minimum Gasteiger partial charge on any atom is -0.423 e. The molecule has 7 nitrogen and oxygen atoms in total. The summed E-state index contributed by atoms with van der Waals surface area (Å²) in [6, 6.07) is 4.98. The molecule has 8 heteroatoms. The average molecular weight is 327 g/mol. The molecule has 0 bridgehead atoms. The van der Waals surface area contributed by atoms with Gasteiger partial charge in [-0.05, 0) is 37.9 Å². The van der Waals surface area contributed by atoms with Gasteiger partial charge < -0.3 is 14.6 Å². The molecule has 0 radical (unpaired) electrons. The first-order valence-corrected chi connectivity index (χ1v) is 7.10. The molecule has 0 saturated carbocycles. The summed E-state index contributed by atoms with van der Waals surface area (Å²) < 4.78 is 5.68. The van der Waals surface area contributed by atoms with Gasteiger partial charge in [-0.3, -0.25) is 10.1 Å². The number of oxazole rings is 1. The van der Waals surface area contributed by atoms with Crippen molar-refractivity contribution in [3.63, 3.8) is 0 Å². The van der Waals surface area contributed by atoms with E-state index in [-0.39, 0.29) is 18.1 Å². The van der Waals surface area contributed by atoms with Gasteiger partial charge in [0, 0.05) is 25.7 Å². The number of nitro benzene ring substituents is 1. The SMILES string of the molecule is CN(CC1CCCNC1)c1nc2cc([N+](=O)[O-])ccc2o1.Cl. The molecule has 2 aromatic rings.